The molecule has 0 saturated carbocycles. The number of nitrogens with one attached hydrogen (secondary N) is 1. The van der Waals surface area contributed by atoms with Gasteiger partial charge in [0, 0.05) is 23.1 Å². The monoisotopic (exact) mass is 499 g/mol. The van der Waals surface area contributed by atoms with Crippen LogP contribution < -0.4 is 10.3 Å². The SMILES string of the molecule is CC(C)(C)OC(=O)NCc1ccc(C2=NN(c3ccccc3)c3cc4ccccc4c4cccc2c34)cc1. The Morgan fingerprint density at radius 1 is 0.842 bits per heavy atom. The minimum atomic E-state index is -0.527. The molecule has 0 spiro atoms. The first-order valence-corrected chi connectivity index (χ1v) is 12.8. The zero-order chi connectivity index (χ0) is 26.3. The lowest BCUT2D eigenvalue weighted by Crippen LogP contribution is -2.32. The number of carbonyl (C=O) groups excluding carboxylic acids is 1. The first-order valence-electron chi connectivity index (χ1n) is 12.8. The maximum absolute atomic E-state index is 12.1. The average molecular weight is 500 g/mol. The topological polar surface area (TPSA) is 53.9 Å². The van der Waals surface area contributed by atoms with Crippen LogP contribution in [-0.4, -0.2) is 17.4 Å². The number of hydrogen-bond donors (Lipinski definition) is 1. The number of anilines is 2. The maximum Gasteiger partial charge on any atom is 0.407 e. The van der Waals surface area contributed by atoms with E-state index in [0.29, 0.717) is 6.54 Å². The molecule has 5 aromatic rings. The third-order valence-corrected chi connectivity index (χ3v) is 6.61. The number of benzene rings is 5. The largest absolute Gasteiger partial charge is 0.444 e. The molecule has 0 fully saturated rings. The first kappa shape index (κ1) is 23.7. The molecule has 0 radical (unpaired) electrons. The molecule has 1 heterocycles. The van der Waals surface area contributed by atoms with Crippen LogP contribution in [0.4, 0.5) is 16.2 Å². The van der Waals surface area contributed by atoms with Gasteiger partial charge in [0.05, 0.1) is 17.1 Å². The van der Waals surface area contributed by atoms with Gasteiger partial charge in [-0.25, -0.2) is 9.80 Å². The second kappa shape index (κ2) is 9.34. The Morgan fingerprint density at radius 2 is 1.55 bits per heavy atom. The van der Waals surface area contributed by atoms with Gasteiger partial charge in [-0.05, 0) is 60.7 Å². The van der Waals surface area contributed by atoms with E-state index < -0.39 is 11.7 Å². The van der Waals surface area contributed by atoms with E-state index >= 15 is 0 Å². The van der Waals surface area contributed by atoms with Crippen molar-refractivity contribution in [2.75, 3.05) is 5.01 Å². The van der Waals surface area contributed by atoms with Crippen molar-refractivity contribution in [2.45, 2.75) is 32.9 Å². The third kappa shape index (κ3) is 4.48. The van der Waals surface area contributed by atoms with Gasteiger partial charge in [-0.3, -0.25) is 0 Å². The van der Waals surface area contributed by atoms with Crippen LogP contribution in [0.3, 0.4) is 0 Å². The number of fused-ring (bicyclic) bond motifs is 2. The summed E-state index contributed by atoms with van der Waals surface area (Å²) < 4.78 is 5.35. The van der Waals surface area contributed by atoms with Crippen molar-refractivity contribution in [2.24, 2.45) is 5.10 Å². The Kier molecular flexibility index (Phi) is 5.84. The fourth-order valence-electron chi connectivity index (χ4n) is 4.96. The second-order valence-corrected chi connectivity index (χ2v) is 10.5. The molecule has 0 saturated heterocycles. The van der Waals surface area contributed by atoms with E-state index in [-0.39, 0.29) is 0 Å². The van der Waals surface area contributed by atoms with Crippen molar-refractivity contribution >= 4 is 44.7 Å². The zero-order valence-electron chi connectivity index (χ0n) is 21.7. The molecule has 0 aliphatic carbocycles. The molecule has 6 rings (SSSR count). The maximum atomic E-state index is 12.1. The van der Waals surface area contributed by atoms with E-state index in [4.69, 9.17) is 9.84 Å². The lowest BCUT2D eigenvalue weighted by atomic mass is 9.90. The Balaban J connectivity index is 1.42. The van der Waals surface area contributed by atoms with E-state index in [1.807, 2.05) is 51.1 Å². The highest BCUT2D eigenvalue weighted by Crippen LogP contribution is 2.42. The molecule has 0 atom stereocenters. The number of para-hydroxylation sites is 1. The fraction of sp³-hybridized carbons (Fsp3) is 0.152. The van der Waals surface area contributed by atoms with Crippen LogP contribution in [0.1, 0.15) is 37.5 Å². The van der Waals surface area contributed by atoms with Crippen LogP contribution in [0.25, 0.3) is 21.5 Å². The molecule has 38 heavy (non-hydrogen) atoms. The minimum Gasteiger partial charge on any atom is -0.444 e. The molecule has 188 valence electrons. The number of alkyl carbamates (subject to hydrolysis) is 1. The van der Waals surface area contributed by atoms with Crippen molar-refractivity contribution < 1.29 is 9.53 Å². The van der Waals surface area contributed by atoms with Gasteiger partial charge >= 0.3 is 6.09 Å². The molecular formula is C33H29N3O2. The van der Waals surface area contributed by atoms with E-state index in [1.54, 1.807) is 0 Å². The lowest BCUT2D eigenvalue weighted by Gasteiger charge is -2.29. The number of hydrazone groups is 1. The predicted molar refractivity (Wildman–Crippen MR) is 155 cm³/mol. The van der Waals surface area contributed by atoms with E-state index in [1.165, 1.54) is 21.5 Å². The quantitative estimate of drug-likeness (QED) is 0.256. The normalized spacial score (nSPS) is 12.9. The zero-order valence-corrected chi connectivity index (χ0v) is 21.7. The summed E-state index contributed by atoms with van der Waals surface area (Å²) in [5.41, 5.74) is 5.57. The molecule has 1 amide bonds. The van der Waals surface area contributed by atoms with Crippen LogP contribution in [0.15, 0.2) is 108 Å². The molecule has 5 aromatic carbocycles. The summed E-state index contributed by atoms with van der Waals surface area (Å²) in [7, 11) is 0. The third-order valence-electron chi connectivity index (χ3n) is 6.61. The van der Waals surface area contributed by atoms with Crippen molar-refractivity contribution in [3.63, 3.8) is 0 Å². The molecule has 5 heteroatoms. The summed E-state index contributed by atoms with van der Waals surface area (Å²) in [4.78, 5) is 12.1. The van der Waals surface area contributed by atoms with Crippen LogP contribution >= 0.6 is 0 Å². The Bertz CT molecular complexity index is 1680. The standard InChI is InChI=1S/C33H29N3O2/c1-33(2,3)38-32(37)34-21-22-16-18-23(19-17-22)31-28-15-9-14-27-26-13-8-7-10-24(26)20-29(30(27)28)36(35-31)25-11-5-4-6-12-25/h4-20H,21H2,1-3H3,(H,34,37). The van der Waals surface area contributed by atoms with Gasteiger partial charge < -0.3 is 10.1 Å². The van der Waals surface area contributed by atoms with Crippen LogP contribution in [-0.2, 0) is 11.3 Å². The molecular weight excluding hydrogens is 470 g/mol. The van der Waals surface area contributed by atoms with E-state index in [2.05, 4.69) is 83.1 Å². The van der Waals surface area contributed by atoms with Gasteiger partial charge in [0.1, 0.15) is 5.60 Å². The number of ether oxygens (including phenoxy) is 1. The summed E-state index contributed by atoms with van der Waals surface area (Å²) in [5.74, 6) is 0. The number of carbonyl (C=O) groups is 1. The average Bonchev–Trinajstić information content (AvgIpc) is 2.92. The number of nitrogens with zero attached hydrogens (tertiary/aromatic N) is 2. The van der Waals surface area contributed by atoms with E-state index in [0.717, 1.165) is 33.8 Å². The summed E-state index contributed by atoms with van der Waals surface area (Å²) in [5, 5.41) is 14.9. The lowest BCUT2D eigenvalue weighted by molar-refractivity contribution is 0.0523. The van der Waals surface area contributed by atoms with Crippen LogP contribution in [0.2, 0.25) is 0 Å². The second-order valence-electron chi connectivity index (χ2n) is 10.5. The summed E-state index contributed by atoms with van der Waals surface area (Å²) >= 11 is 0. The van der Waals surface area contributed by atoms with E-state index in [9.17, 15) is 4.79 Å². The number of rotatable bonds is 4. The fourth-order valence-corrected chi connectivity index (χ4v) is 4.96. The van der Waals surface area contributed by atoms with Crippen molar-refractivity contribution in [1.29, 1.82) is 0 Å². The molecule has 5 nitrogen and oxygen atoms in total. The minimum absolute atomic E-state index is 0.391. The molecule has 1 aliphatic heterocycles. The van der Waals surface area contributed by atoms with Crippen LogP contribution in [0, 0.1) is 0 Å². The summed E-state index contributed by atoms with van der Waals surface area (Å²) in [6, 6.07) is 35.7. The Hall–Kier alpha value is -4.64. The van der Waals surface area contributed by atoms with Gasteiger partial charge in [-0.1, -0.05) is 84.9 Å². The number of hydrogen-bond acceptors (Lipinski definition) is 4. The molecule has 0 bridgehead atoms. The Morgan fingerprint density at radius 3 is 2.32 bits per heavy atom. The van der Waals surface area contributed by atoms with Crippen molar-refractivity contribution in [3.05, 3.63) is 120 Å². The molecule has 1 aliphatic rings. The van der Waals surface area contributed by atoms with Crippen LogP contribution in [0.5, 0.6) is 0 Å². The van der Waals surface area contributed by atoms with Gasteiger partial charge in [0.2, 0.25) is 0 Å². The summed E-state index contributed by atoms with van der Waals surface area (Å²) in [6.07, 6.45) is -0.424. The summed E-state index contributed by atoms with van der Waals surface area (Å²) in [6.45, 7) is 5.95. The van der Waals surface area contributed by atoms with Gasteiger partial charge in [0.15, 0.2) is 0 Å². The predicted octanol–water partition coefficient (Wildman–Crippen LogP) is 7.92. The van der Waals surface area contributed by atoms with Gasteiger partial charge in [0.25, 0.3) is 0 Å². The highest BCUT2D eigenvalue weighted by molar-refractivity contribution is 6.27. The van der Waals surface area contributed by atoms with Gasteiger partial charge in [-0.15, -0.1) is 0 Å². The van der Waals surface area contributed by atoms with Gasteiger partial charge in [-0.2, -0.15) is 5.10 Å². The van der Waals surface area contributed by atoms with Crippen molar-refractivity contribution in [1.82, 2.24) is 5.32 Å². The highest BCUT2D eigenvalue weighted by atomic mass is 16.6. The molecule has 1 N–H and O–H groups in total. The first-order chi connectivity index (χ1) is 18.4. The van der Waals surface area contributed by atoms with Crippen molar-refractivity contribution in [3.8, 4) is 0 Å². The Labute approximate surface area is 222 Å². The highest BCUT2D eigenvalue weighted by Gasteiger charge is 2.25. The number of amides is 1. The molecule has 0 unspecified atom stereocenters. The molecule has 0 aromatic heterocycles. The smallest absolute Gasteiger partial charge is 0.407 e.